The summed E-state index contributed by atoms with van der Waals surface area (Å²) in [5.74, 6) is -0.645. The van der Waals surface area contributed by atoms with E-state index in [0.717, 1.165) is 47.2 Å². The Morgan fingerprint density at radius 2 is 1.85 bits per heavy atom. The average molecular weight is 502 g/mol. The first-order valence-corrected chi connectivity index (χ1v) is 12.2. The Kier molecular flexibility index (Phi) is 6.13. The second kappa shape index (κ2) is 9.22. The van der Waals surface area contributed by atoms with Crippen molar-refractivity contribution < 1.29 is 18.0 Å². The molecule has 0 spiro atoms. The largest absolute Gasteiger partial charge is 0.418 e. The molecular formula is C23H18F3N5OS2. The topological polar surface area (TPSA) is 71.0 Å². The van der Waals surface area contributed by atoms with Gasteiger partial charge in [0.05, 0.1) is 17.0 Å². The Labute approximate surface area is 201 Å². The molecule has 1 aliphatic rings. The highest BCUT2D eigenvalue weighted by atomic mass is 32.2. The standard InChI is InChI=1S/C23H18F3N5OS2/c24-23(25,26)16-7-3-4-8-17(16)29-18(32)12-33-21-19-20(27-13-28-21)30-22(34-19)31-10-9-14-5-1-2-6-15(14)11-31/h1-8,13H,9-12H2,(H,29,32). The van der Waals surface area contributed by atoms with Crippen LogP contribution in [0.25, 0.3) is 10.3 Å². The molecule has 0 bridgehead atoms. The van der Waals surface area contributed by atoms with E-state index in [0.29, 0.717) is 10.7 Å². The number of carbonyl (C=O) groups is 1. The number of nitrogens with one attached hydrogen (secondary N) is 1. The number of benzene rings is 2. The number of hydrogen-bond acceptors (Lipinski definition) is 7. The van der Waals surface area contributed by atoms with E-state index in [1.54, 1.807) is 0 Å². The molecule has 2 aromatic carbocycles. The molecule has 3 heterocycles. The molecule has 0 aliphatic carbocycles. The molecule has 0 unspecified atom stereocenters. The summed E-state index contributed by atoms with van der Waals surface area (Å²) in [6.45, 7) is 1.60. The third-order valence-corrected chi connectivity index (χ3v) is 7.63. The number of carbonyl (C=O) groups excluding carboxylic acids is 1. The van der Waals surface area contributed by atoms with Gasteiger partial charge < -0.3 is 10.2 Å². The molecule has 5 rings (SSSR count). The second-order valence-electron chi connectivity index (χ2n) is 7.65. The van der Waals surface area contributed by atoms with Crippen LogP contribution in [-0.4, -0.2) is 33.2 Å². The van der Waals surface area contributed by atoms with Crippen LogP contribution in [0.5, 0.6) is 0 Å². The van der Waals surface area contributed by atoms with Crippen molar-refractivity contribution in [3.05, 3.63) is 71.5 Å². The molecule has 1 N–H and O–H groups in total. The molecule has 11 heteroatoms. The van der Waals surface area contributed by atoms with Crippen LogP contribution in [0.2, 0.25) is 0 Å². The number of hydrogen-bond donors (Lipinski definition) is 1. The Hall–Kier alpha value is -3.18. The highest BCUT2D eigenvalue weighted by Gasteiger charge is 2.33. The van der Waals surface area contributed by atoms with Crippen LogP contribution in [0.15, 0.2) is 59.9 Å². The van der Waals surface area contributed by atoms with Gasteiger partial charge in [-0.25, -0.2) is 9.97 Å². The third kappa shape index (κ3) is 4.71. The molecule has 1 aliphatic heterocycles. The van der Waals surface area contributed by atoms with E-state index in [9.17, 15) is 18.0 Å². The van der Waals surface area contributed by atoms with Gasteiger partial charge in [-0.05, 0) is 29.7 Å². The first kappa shape index (κ1) is 22.6. The van der Waals surface area contributed by atoms with E-state index in [1.165, 1.54) is 47.0 Å². The number of para-hydroxylation sites is 1. The first-order chi connectivity index (χ1) is 16.4. The Bertz CT molecular complexity index is 1360. The van der Waals surface area contributed by atoms with Crippen LogP contribution in [-0.2, 0) is 23.9 Å². The fourth-order valence-corrected chi connectivity index (χ4v) is 5.69. The van der Waals surface area contributed by atoms with Gasteiger partial charge in [-0.3, -0.25) is 4.79 Å². The fraction of sp³-hybridized carbons (Fsp3) is 0.217. The monoisotopic (exact) mass is 501 g/mol. The number of anilines is 2. The smallest absolute Gasteiger partial charge is 0.343 e. The lowest BCUT2D eigenvalue weighted by Gasteiger charge is -2.28. The van der Waals surface area contributed by atoms with Crippen LogP contribution >= 0.6 is 23.1 Å². The minimum atomic E-state index is -4.55. The molecule has 0 radical (unpaired) electrons. The van der Waals surface area contributed by atoms with Crippen molar-refractivity contribution in [1.29, 1.82) is 0 Å². The van der Waals surface area contributed by atoms with Gasteiger partial charge >= 0.3 is 6.18 Å². The number of rotatable bonds is 5. The summed E-state index contributed by atoms with van der Waals surface area (Å²) in [5, 5.41) is 3.76. The number of thioether (sulfide) groups is 1. The highest BCUT2D eigenvalue weighted by molar-refractivity contribution is 8.00. The number of aromatic nitrogens is 3. The van der Waals surface area contributed by atoms with Gasteiger partial charge in [-0.2, -0.15) is 18.2 Å². The first-order valence-electron chi connectivity index (χ1n) is 10.4. The van der Waals surface area contributed by atoms with E-state index in [-0.39, 0.29) is 11.4 Å². The molecule has 0 fully saturated rings. The predicted molar refractivity (Wildman–Crippen MR) is 127 cm³/mol. The molecule has 34 heavy (non-hydrogen) atoms. The van der Waals surface area contributed by atoms with E-state index < -0.39 is 17.6 Å². The molecule has 0 atom stereocenters. The van der Waals surface area contributed by atoms with Crippen LogP contribution in [0.1, 0.15) is 16.7 Å². The molecule has 4 aromatic rings. The van der Waals surface area contributed by atoms with Gasteiger partial charge in [0.2, 0.25) is 5.91 Å². The van der Waals surface area contributed by atoms with Crippen molar-refractivity contribution in [2.75, 3.05) is 22.5 Å². The van der Waals surface area contributed by atoms with Gasteiger partial charge in [-0.1, -0.05) is 59.5 Å². The summed E-state index contributed by atoms with van der Waals surface area (Å²) in [6.07, 6.45) is -2.24. The maximum absolute atomic E-state index is 13.2. The normalized spacial score (nSPS) is 13.7. The van der Waals surface area contributed by atoms with Gasteiger partial charge in [0, 0.05) is 13.1 Å². The summed E-state index contributed by atoms with van der Waals surface area (Å²) in [4.78, 5) is 27.8. The molecular weight excluding hydrogens is 483 g/mol. The Morgan fingerprint density at radius 1 is 1.09 bits per heavy atom. The molecule has 6 nitrogen and oxygen atoms in total. The van der Waals surface area contributed by atoms with Crippen LogP contribution < -0.4 is 10.2 Å². The van der Waals surface area contributed by atoms with Crippen molar-refractivity contribution >= 4 is 50.2 Å². The number of halogens is 3. The van der Waals surface area contributed by atoms with E-state index in [1.807, 2.05) is 12.1 Å². The number of fused-ring (bicyclic) bond motifs is 2. The lowest BCUT2D eigenvalue weighted by molar-refractivity contribution is -0.137. The van der Waals surface area contributed by atoms with Crippen LogP contribution in [0.3, 0.4) is 0 Å². The fourth-order valence-electron chi connectivity index (χ4n) is 3.78. The number of nitrogens with zero attached hydrogens (tertiary/aromatic N) is 4. The minimum absolute atomic E-state index is 0.0946. The zero-order chi connectivity index (χ0) is 23.7. The summed E-state index contributed by atoms with van der Waals surface area (Å²) in [7, 11) is 0. The Balaban J connectivity index is 1.30. The Morgan fingerprint density at radius 3 is 2.68 bits per heavy atom. The quantitative estimate of drug-likeness (QED) is 0.292. The van der Waals surface area contributed by atoms with Crippen molar-refractivity contribution in [2.24, 2.45) is 0 Å². The van der Waals surface area contributed by atoms with Gasteiger partial charge in [0.25, 0.3) is 0 Å². The zero-order valence-corrected chi connectivity index (χ0v) is 19.3. The molecule has 2 aromatic heterocycles. The van der Waals surface area contributed by atoms with Gasteiger partial charge in [-0.15, -0.1) is 0 Å². The number of amides is 1. The zero-order valence-electron chi connectivity index (χ0n) is 17.7. The molecule has 1 amide bonds. The maximum atomic E-state index is 13.2. The van der Waals surface area contributed by atoms with Crippen molar-refractivity contribution in [1.82, 2.24) is 15.0 Å². The number of thiazole rings is 1. The van der Waals surface area contributed by atoms with E-state index in [4.69, 9.17) is 0 Å². The van der Waals surface area contributed by atoms with Crippen LogP contribution in [0, 0.1) is 0 Å². The molecule has 174 valence electrons. The summed E-state index contributed by atoms with van der Waals surface area (Å²) in [5.41, 5.74) is 2.00. The van der Waals surface area contributed by atoms with Crippen molar-refractivity contribution in [2.45, 2.75) is 24.2 Å². The third-order valence-electron chi connectivity index (χ3n) is 5.39. The minimum Gasteiger partial charge on any atom is -0.343 e. The van der Waals surface area contributed by atoms with Gasteiger partial charge in [0.1, 0.15) is 16.1 Å². The summed E-state index contributed by atoms with van der Waals surface area (Å²) < 4.78 is 40.3. The van der Waals surface area contributed by atoms with E-state index >= 15 is 0 Å². The average Bonchev–Trinajstić information content (AvgIpc) is 3.27. The lowest BCUT2D eigenvalue weighted by atomic mass is 10.0. The van der Waals surface area contributed by atoms with Crippen molar-refractivity contribution in [3.8, 4) is 0 Å². The van der Waals surface area contributed by atoms with Crippen molar-refractivity contribution in [3.63, 3.8) is 0 Å². The lowest BCUT2D eigenvalue weighted by Crippen LogP contribution is -2.30. The SMILES string of the molecule is O=C(CSc1ncnc2nc(N3CCc4ccccc4C3)sc12)Nc1ccccc1C(F)(F)F. The summed E-state index contributed by atoms with van der Waals surface area (Å²) >= 11 is 2.60. The number of alkyl halides is 3. The molecule has 0 saturated heterocycles. The van der Waals surface area contributed by atoms with Crippen LogP contribution in [0.4, 0.5) is 24.0 Å². The highest BCUT2D eigenvalue weighted by Crippen LogP contribution is 2.37. The van der Waals surface area contributed by atoms with E-state index in [2.05, 4.69) is 37.3 Å². The second-order valence-corrected chi connectivity index (χ2v) is 9.59. The maximum Gasteiger partial charge on any atom is 0.418 e. The van der Waals surface area contributed by atoms with Gasteiger partial charge in [0.15, 0.2) is 10.8 Å². The molecule has 0 saturated carbocycles. The summed E-state index contributed by atoms with van der Waals surface area (Å²) in [6, 6.07) is 13.2. The predicted octanol–water partition coefficient (Wildman–Crippen LogP) is 5.40.